The van der Waals surface area contributed by atoms with Gasteiger partial charge in [-0.1, -0.05) is 118 Å². The number of phenols is 1. The fraction of sp³-hybridized carbons (Fsp3) is 0.812. The molecule has 33 heavy (non-hydrogen) atoms. The van der Waals surface area contributed by atoms with Gasteiger partial charge in [0, 0.05) is 0 Å². The van der Waals surface area contributed by atoms with Crippen molar-refractivity contribution in [3.8, 4) is 5.75 Å². The highest BCUT2D eigenvalue weighted by Gasteiger charge is 2.17. The zero-order valence-corrected chi connectivity index (χ0v) is 23.1. The van der Waals surface area contributed by atoms with Crippen molar-refractivity contribution in [3.63, 3.8) is 0 Å². The predicted molar refractivity (Wildman–Crippen MR) is 149 cm³/mol. The van der Waals surface area contributed by atoms with E-state index < -0.39 is 0 Å². The number of phenolic OH excluding ortho intramolecular Hbond substituents is 1. The molecule has 1 rings (SSSR count). The number of rotatable bonds is 22. The molecule has 1 nitrogen and oxygen atoms in total. The highest BCUT2D eigenvalue weighted by atomic mass is 16.3. The van der Waals surface area contributed by atoms with Gasteiger partial charge in [-0.05, 0) is 79.7 Å². The summed E-state index contributed by atoms with van der Waals surface area (Å²) in [5, 5.41) is 11.0. The summed E-state index contributed by atoms with van der Waals surface area (Å²) in [5.41, 5.74) is 5.92. The van der Waals surface area contributed by atoms with Crippen molar-refractivity contribution in [2.24, 2.45) is 0 Å². The van der Waals surface area contributed by atoms with Gasteiger partial charge in [0.15, 0.2) is 0 Å². The van der Waals surface area contributed by atoms with Crippen molar-refractivity contribution in [1.29, 1.82) is 0 Å². The van der Waals surface area contributed by atoms with Crippen LogP contribution in [0.15, 0.2) is 6.07 Å². The average Bonchev–Trinajstić information content (AvgIpc) is 2.82. The number of benzene rings is 1. The molecule has 0 saturated carbocycles. The SMILES string of the molecule is CCCCCCCCCc1cc(O)c(CCCC)c(CCCC)c1CCCCCCCCC. The van der Waals surface area contributed by atoms with E-state index in [4.69, 9.17) is 0 Å². The highest BCUT2D eigenvalue weighted by Crippen LogP contribution is 2.33. The van der Waals surface area contributed by atoms with E-state index in [0.717, 1.165) is 19.3 Å². The summed E-state index contributed by atoms with van der Waals surface area (Å²) in [6, 6.07) is 2.17. The Bertz CT molecular complexity index is 589. The average molecular weight is 459 g/mol. The number of aryl methyl sites for hydroxylation is 1. The summed E-state index contributed by atoms with van der Waals surface area (Å²) in [5.74, 6) is 0.593. The molecule has 0 aliphatic carbocycles. The predicted octanol–water partition coefficient (Wildman–Crippen LogP) is 10.7. The van der Waals surface area contributed by atoms with Gasteiger partial charge in [-0.25, -0.2) is 0 Å². The first-order valence-corrected chi connectivity index (χ1v) is 15.0. The van der Waals surface area contributed by atoms with E-state index in [-0.39, 0.29) is 0 Å². The lowest BCUT2D eigenvalue weighted by Gasteiger charge is -2.21. The molecule has 0 amide bonds. The minimum Gasteiger partial charge on any atom is -0.508 e. The monoisotopic (exact) mass is 458 g/mol. The van der Waals surface area contributed by atoms with Gasteiger partial charge < -0.3 is 5.11 Å². The molecule has 1 aromatic carbocycles. The maximum absolute atomic E-state index is 11.0. The Morgan fingerprint density at radius 1 is 0.424 bits per heavy atom. The highest BCUT2D eigenvalue weighted by molar-refractivity contribution is 5.50. The zero-order chi connectivity index (χ0) is 24.2. The summed E-state index contributed by atoms with van der Waals surface area (Å²) in [6.45, 7) is 9.14. The zero-order valence-electron chi connectivity index (χ0n) is 23.1. The summed E-state index contributed by atoms with van der Waals surface area (Å²) < 4.78 is 0. The van der Waals surface area contributed by atoms with Gasteiger partial charge in [-0.15, -0.1) is 0 Å². The van der Waals surface area contributed by atoms with Crippen molar-refractivity contribution in [2.75, 3.05) is 0 Å². The van der Waals surface area contributed by atoms with Gasteiger partial charge in [0.05, 0.1) is 0 Å². The number of hydrogen-bond acceptors (Lipinski definition) is 1. The number of unbranched alkanes of at least 4 members (excludes halogenated alkanes) is 14. The molecule has 1 aromatic rings. The van der Waals surface area contributed by atoms with E-state index in [2.05, 4.69) is 33.8 Å². The van der Waals surface area contributed by atoms with E-state index in [9.17, 15) is 5.11 Å². The van der Waals surface area contributed by atoms with Gasteiger partial charge in [0.2, 0.25) is 0 Å². The first-order chi connectivity index (χ1) is 16.2. The fourth-order valence-corrected chi connectivity index (χ4v) is 5.22. The van der Waals surface area contributed by atoms with E-state index >= 15 is 0 Å². The smallest absolute Gasteiger partial charge is 0.119 e. The quantitative estimate of drug-likeness (QED) is 0.171. The maximum Gasteiger partial charge on any atom is 0.119 e. The van der Waals surface area contributed by atoms with Crippen molar-refractivity contribution >= 4 is 0 Å². The van der Waals surface area contributed by atoms with Crippen LogP contribution in [0.2, 0.25) is 0 Å². The summed E-state index contributed by atoms with van der Waals surface area (Å²) >= 11 is 0. The van der Waals surface area contributed by atoms with Gasteiger partial charge in [-0.3, -0.25) is 0 Å². The van der Waals surface area contributed by atoms with Crippen molar-refractivity contribution in [3.05, 3.63) is 28.3 Å². The Kier molecular flexibility index (Phi) is 18.6. The lowest BCUT2D eigenvalue weighted by molar-refractivity contribution is 0.463. The molecule has 0 radical (unpaired) electrons. The molecule has 0 fully saturated rings. The molecule has 0 unspecified atom stereocenters. The molecular formula is C32H58O. The van der Waals surface area contributed by atoms with Crippen LogP contribution < -0.4 is 0 Å². The Labute approximate surface area is 208 Å². The fourth-order valence-electron chi connectivity index (χ4n) is 5.22. The first-order valence-electron chi connectivity index (χ1n) is 15.0. The van der Waals surface area contributed by atoms with Gasteiger partial charge in [0.25, 0.3) is 0 Å². The second-order valence-electron chi connectivity index (χ2n) is 10.4. The normalized spacial score (nSPS) is 11.4. The van der Waals surface area contributed by atoms with Crippen LogP contribution in [0.1, 0.15) is 166 Å². The molecule has 0 aliphatic heterocycles. The van der Waals surface area contributed by atoms with Crippen LogP contribution in [0.3, 0.4) is 0 Å². The summed E-state index contributed by atoms with van der Waals surface area (Å²) in [6.07, 6.45) is 28.5. The molecule has 1 heteroatoms. The van der Waals surface area contributed by atoms with E-state index in [0.29, 0.717) is 5.75 Å². The van der Waals surface area contributed by atoms with Gasteiger partial charge in [0.1, 0.15) is 5.75 Å². The molecule has 0 saturated heterocycles. The Morgan fingerprint density at radius 3 is 1.33 bits per heavy atom. The minimum absolute atomic E-state index is 0.593. The molecule has 1 N–H and O–H groups in total. The Hall–Kier alpha value is -0.980. The van der Waals surface area contributed by atoms with E-state index in [1.165, 1.54) is 139 Å². The lowest BCUT2D eigenvalue weighted by atomic mass is 9.85. The van der Waals surface area contributed by atoms with Crippen LogP contribution in [0.5, 0.6) is 5.75 Å². The summed E-state index contributed by atoms with van der Waals surface area (Å²) in [7, 11) is 0. The molecule has 192 valence electrons. The number of aromatic hydroxyl groups is 1. The second-order valence-corrected chi connectivity index (χ2v) is 10.4. The minimum atomic E-state index is 0.593. The molecule has 0 bridgehead atoms. The molecule has 0 aromatic heterocycles. The largest absolute Gasteiger partial charge is 0.508 e. The first kappa shape index (κ1) is 30.1. The van der Waals surface area contributed by atoms with E-state index in [1.54, 1.807) is 5.56 Å². The van der Waals surface area contributed by atoms with Crippen LogP contribution in [0, 0.1) is 0 Å². The molecule has 0 spiro atoms. The molecule has 0 aliphatic rings. The third-order valence-corrected chi connectivity index (χ3v) is 7.38. The van der Waals surface area contributed by atoms with Crippen LogP contribution in [0.4, 0.5) is 0 Å². The maximum atomic E-state index is 11.0. The molecule has 0 atom stereocenters. The van der Waals surface area contributed by atoms with Crippen LogP contribution in [-0.4, -0.2) is 5.11 Å². The lowest BCUT2D eigenvalue weighted by Crippen LogP contribution is -2.07. The third-order valence-electron chi connectivity index (χ3n) is 7.38. The van der Waals surface area contributed by atoms with Crippen molar-refractivity contribution in [1.82, 2.24) is 0 Å². The topological polar surface area (TPSA) is 20.2 Å². The molecular weight excluding hydrogens is 400 g/mol. The van der Waals surface area contributed by atoms with Crippen LogP contribution in [0.25, 0.3) is 0 Å². The van der Waals surface area contributed by atoms with Crippen LogP contribution in [-0.2, 0) is 25.7 Å². The third kappa shape index (κ3) is 12.9. The molecule has 0 heterocycles. The van der Waals surface area contributed by atoms with E-state index in [1.807, 2.05) is 0 Å². The summed E-state index contributed by atoms with van der Waals surface area (Å²) in [4.78, 5) is 0. The van der Waals surface area contributed by atoms with Gasteiger partial charge in [-0.2, -0.15) is 0 Å². The van der Waals surface area contributed by atoms with Crippen molar-refractivity contribution in [2.45, 2.75) is 169 Å². The van der Waals surface area contributed by atoms with Crippen molar-refractivity contribution < 1.29 is 5.11 Å². The standard InChI is InChI=1S/C32H58O/c1-5-9-13-15-17-19-21-23-28-27-32(33)31(25-12-8-4)30(24-11-7-3)29(28)26-22-20-18-16-14-10-6-2/h27,33H,5-26H2,1-4H3. The van der Waals surface area contributed by atoms with Crippen LogP contribution >= 0.6 is 0 Å². The Morgan fingerprint density at radius 2 is 0.818 bits per heavy atom. The number of hydrogen-bond donors (Lipinski definition) is 1. The Balaban J connectivity index is 2.89. The van der Waals surface area contributed by atoms with Gasteiger partial charge >= 0.3 is 0 Å². The second kappa shape index (κ2) is 20.4.